The van der Waals surface area contributed by atoms with Crippen LogP contribution in [0.25, 0.3) is 11.1 Å². The molecule has 0 amide bonds. The molecule has 2 aromatic rings. The second kappa shape index (κ2) is 5.06. The summed E-state index contributed by atoms with van der Waals surface area (Å²) < 4.78 is 0.907. The summed E-state index contributed by atoms with van der Waals surface area (Å²) in [7, 11) is 0. The third-order valence-corrected chi connectivity index (χ3v) is 3.53. The van der Waals surface area contributed by atoms with Crippen molar-refractivity contribution in [3.63, 3.8) is 0 Å². The predicted octanol–water partition coefficient (Wildman–Crippen LogP) is 4.31. The van der Waals surface area contributed by atoms with Crippen molar-refractivity contribution in [2.24, 2.45) is 0 Å². The number of hydrogen-bond donors (Lipinski definition) is 1. The second-order valence-electron chi connectivity index (χ2n) is 3.47. The lowest BCUT2D eigenvalue weighted by molar-refractivity contribution is 0.0697. The highest BCUT2D eigenvalue weighted by Crippen LogP contribution is 2.29. The van der Waals surface area contributed by atoms with E-state index in [1.165, 1.54) is 0 Å². The van der Waals surface area contributed by atoms with Crippen molar-refractivity contribution in [1.82, 2.24) is 0 Å². The molecule has 0 fully saturated rings. The van der Waals surface area contributed by atoms with Gasteiger partial charge in [-0.05, 0) is 52.4 Å². The van der Waals surface area contributed by atoms with E-state index in [-0.39, 0.29) is 0 Å². The SMILES string of the molecule is O=C(O)c1cccc(I)c1-c1ccc(Cl)cc1. The maximum absolute atomic E-state index is 11.2. The average Bonchev–Trinajstić information content (AvgIpc) is 2.30. The number of halogens is 2. The Hall–Kier alpha value is -1.07. The van der Waals surface area contributed by atoms with Gasteiger partial charge in [0.25, 0.3) is 0 Å². The van der Waals surface area contributed by atoms with Gasteiger partial charge in [0.1, 0.15) is 0 Å². The largest absolute Gasteiger partial charge is 0.478 e. The van der Waals surface area contributed by atoms with Gasteiger partial charge < -0.3 is 5.11 Å². The zero-order chi connectivity index (χ0) is 12.4. The van der Waals surface area contributed by atoms with Crippen LogP contribution in [0.5, 0.6) is 0 Å². The first kappa shape index (κ1) is 12.4. The number of aromatic carboxylic acids is 1. The lowest BCUT2D eigenvalue weighted by Gasteiger charge is -2.08. The Labute approximate surface area is 117 Å². The molecule has 4 heteroatoms. The van der Waals surface area contributed by atoms with Crippen LogP contribution in [0, 0.1) is 3.57 Å². The molecule has 0 unspecified atom stereocenters. The quantitative estimate of drug-likeness (QED) is 0.812. The number of carbonyl (C=O) groups is 1. The fraction of sp³-hybridized carbons (Fsp3) is 0. The number of hydrogen-bond acceptors (Lipinski definition) is 1. The van der Waals surface area contributed by atoms with Gasteiger partial charge in [0.15, 0.2) is 0 Å². The van der Waals surface area contributed by atoms with Crippen molar-refractivity contribution in [2.45, 2.75) is 0 Å². The van der Waals surface area contributed by atoms with E-state index in [2.05, 4.69) is 22.6 Å². The Morgan fingerprint density at radius 3 is 2.35 bits per heavy atom. The molecular weight excluding hydrogens is 350 g/mol. The van der Waals surface area contributed by atoms with Crippen LogP contribution < -0.4 is 0 Å². The number of carboxylic acid groups (broad SMARTS) is 1. The molecule has 86 valence electrons. The van der Waals surface area contributed by atoms with E-state index in [9.17, 15) is 9.90 Å². The minimum Gasteiger partial charge on any atom is -0.478 e. The van der Waals surface area contributed by atoms with Crippen molar-refractivity contribution in [3.05, 3.63) is 56.6 Å². The minimum atomic E-state index is -0.923. The summed E-state index contributed by atoms with van der Waals surface area (Å²) in [5.74, 6) is -0.923. The van der Waals surface area contributed by atoms with Gasteiger partial charge in [0.2, 0.25) is 0 Å². The van der Waals surface area contributed by atoms with Crippen molar-refractivity contribution in [3.8, 4) is 11.1 Å². The summed E-state index contributed by atoms with van der Waals surface area (Å²) in [5.41, 5.74) is 1.90. The zero-order valence-electron chi connectivity index (χ0n) is 8.65. The van der Waals surface area contributed by atoms with Gasteiger partial charge in [0.05, 0.1) is 5.56 Å². The summed E-state index contributed by atoms with van der Waals surface area (Å²) in [6.45, 7) is 0. The zero-order valence-corrected chi connectivity index (χ0v) is 11.6. The molecule has 0 aliphatic heterocycles. The van der Waals surface area contributed by atoms with E-state index in [0.29, 0.717) is 10.6 Å². The summed E-state index contributed by atoms with van der Waals surface area (Å²) in [6, 6.07) is 12.4. The van der Waals surface area contributed by atoms with Crippen LogP contribution in [-0.2, 0) is 0 Å². The van der Waals surface area contributed by atoms with E-state index in [1.54, 1.807) is 24.3 Å². The Morgan fingerprint density at radius 1 is 1.12 bits per heavy atom. The molecule has 2 nitrogen and oxygen atoms in total. The maximum atomic E-state index is 11.2. The Kier molecular flexibility index (Phi) is 3.69. The molecule has 0 spiro atoms. The normalized spacial score (nSPS) is 10.2. The topological polar surface area (TPSA) is 37.3 Å². The Bertz CT molecular complexity index is 564. The summed E-state index contributed by atoms with van der Waals surface area (Å²) >= 11 is 7.96. The fourth-order valence-electron chi connectivity index (χ4n) is 1.61. The first-order valence-corrected chi connectivity index (χ1v) is 6.33. The minimum absolute atomic E-state index is 0.305. The van der Waals surface area contributed by atoms with Crippen LogP contribution in [0.15, 0.2) is 42.5 Å². The van der Waals surface area contributed by atoms with Crippen LogP contribution in [0.1, 0.15) is 10.4 Å². The van der Waals surface area contributed by atoms with Crippen LogP contribution in [-0.4, -0.2) is 11.1 Å². The molecule has 0 bridgehead atoms. The van der Waals surface area contributed by atoms with Crippen LogP contribution >= 0.6 is 34.2 Å². The predicted molar refractivity (Wildman–Crippen MR) is 76.6 cm³/mol. The van der Waals surface area contributed by atoms with Gasteiger partial charge >= 0.3 is 5.97 Å². The van der Waals surface area contributed by atoms with Crippen molar-refractivity contribution in [2.75, 3.05) is 0 Å². The highest BCUT2D eigenvalue weighted by atomic mass is 127. The molecule has 17 heavy (non-hydrogen) atoms. The van der Waals surface area contributed by atoms with Crippen molar-refractivity contribution < 1.29 is 9.90 Å². The lowest BCUT2D eigenvalue weighted by Crippen LogP contribution is -2.00. The number of benzene rings is 2. The maximum Gasteiger partial charge on any atom is 0.336 e. The van der Waals surface area contributed by atoms with Gasteiger partial charge in [-0.15, -0.1) is 0 Å². The summed E-state index contributed by atoms with van der Waals surface area (Å²) in [4.78, 5) is 11.2. The molecule has 2 aromatic carbocycles. The molecule has 0 aliphatic rings. The molecule has 0 saturated heterocycles. The summed E-state index contributed by atoms with van der Waals surface area (Å²) in [6.07, 6.45) is 0. The Morgan fingerprint density at radius 2 is 1.76 bits per heavy atom. The van der Waals surface area contributed by atoms with E-state index in [1.807, 2.05) is 18.2 Å². The van der Waals surface area contributed by atoms with Gasteiger partial charge in [-0.25, -0.2) is 4.79 Å². The van der Waals surface area contributed by atoms with Crippen LogP contribution in [0.4, 0.5) is 0 Å². The molecule has 2 rings (SSSR count). The fourth-order valence-corrected chi connectivity index (χ4v) is 2.55. The van der Waals surface area contributed by atoms with Crippen molar-refractivity contribution in [1.29, 1.82) is 0 Å². The number of carboxylic acids is 1. The third-order valence-electron chi connectivity index (χ3n) is 2.38. The lowest BCUT2D eigenvalue weighted by atomic mass is 10.00. The molecule has 0 atom stereocenters. The second-order valence-corrected chi connectivity index (χ2v) is 5.07. The van der Waals surface area contributed by atoms with Crippen molar-refractivity contribution >= 4 is 40.2 Å². The van der Waals surface area contributed by atoms with Gasteiger partial charge in [0, 0.05) is 14.2 Å². The smallest absolute Gasteiger partial charge is 0.336 e. The monoisotopic (exact) mass is 358 g/mol. The average molecular weight is 359 g/mol. The highest BCUT2D eigenvalue weighted by Gasteiger charge is 2.14. The molecular formula is C13H8ClIO2. The molecule has 1 N–H and O–H groups in total. The van der Waals surface area contributed by atoms with Gasteiger partial charge in [-0.3, -0.25) is 0 Å². The molecule has 0 radical (unpaired) electrons. The van der Waals surface area contributed by atoms with Gasteiger partial charge in [-0.2, -0.15) is 0 Å². The van der Waals surface area contributed by atoms with E-state index in [0.717, 1.165) is 14.7 Å². The molecule has 0 heterocycles. The number of rotatable bonds is 2. The van der Waals surface area contributed by atoms with Crippen LogP contribution in [0.2, 0.25) is 5.02 Å². The van der Waals surface area contributed by atoms with Gasteiger partial charge in [-0.1, -0.05) is 29.8 Å². The molecule has 0 aliphatic carbocycles. The first-order chi connectivity index (χ1) is 8.09. The molecule has 0 saturated carbocycles. The Balaban J connectivity index is 2.65. The van der Waals surface area contributed by atoms with E-state index < -0.39 is 5.97 Å². The highest BCUT2D eigenvalue weighted by molar-refractivity contribution is 14.1. The first-order valence-electron chi connectivity index (χ1n) is 4.87. The van der Waals surface area contributed by atoms with Crippen LogP contribution in [0.3, 0.4) is 0 Å². The summed E-state index contributed by atoms with van der Waals surface area (Å²) in [5, 5.41) is 9.81. The van der Waals surface area contributed by atoms with E-state index in [4.69, 9.17) is 11.6 Å². The van der Waals surface area contributed by atoms with E-state index >= 15 is 0 Å². The molecule has 0 aromatic heterocycles. The standard InChI is InChI=1S/C13H8ClIO2/c14-9-6-4-8(5-7-9)12-10(13(16)17)2-1-3-11(12)15/h1-7H,(H,16,17). The third kappa shape index (κ3) is 2.61.